The Morgan fingerprint density at radius 2 is 2.00 bits per heavy atom. The number of rotatable bonds is 7. The Balaban J connectivity index is 2.17. The second-order valence-electron chi connectivity index (χ2n) is 6.24. The SMILES string of the molecule is CCCCCC(C)(C)CNC1CCCOCC1. The highest BCUT2D eigenvalue weighted by molar-refractivity contribution is 4.76. The molecule has 0 saturated carbocycles. The molecule has 1 fully saturated rings. The zero-order valence-electron chi connectivity index (χ0n) is 12.1. The molecule has 1 rings (SSSR count). The third kappa shape index (κ3) is 7.05. The maximum Gasteiger partial charge on any atom is 0.0480 e. The van der Waals surface area contributed by atoms with Crippen LogP contribution in [-0.4, -0.2) is 25.8 Å². The van der Waals surface area contributed by atoms with Gasteiger partial charge in [-0.25, -0.2) is 0 Å². The predicted octanol–water partition coefficient (Wildman–Crippen LogP) is 3.75. The van der Waals surface area contributed by atoms with Crippen LogP contribution in [0.2, 0.25) is 0 Å². The van der Waals surface area contributed by atoms with Crippen molar-refractivity contribution in [2.24, 2.45) is 5.41 Å². The summed E-state index contributed by atoms with van der Waals surface area (Å²) in [6.07, 6.45) is 9.10. The van der Waals surface area contributed by atoms with Crippen molar-refractivity contribution in [1.82, 2.24) is 5.32 Å². The lowest BCUT2D eigenvalue weighted by Gasteiger charge is -2.28. The van der Waals surface area contributed by atoms with E-state index in [1.54, 1.807) is 0 Å². The van der Waals surface area contributed by atoms with Crippen molar-refractivity contribution in [2.45, 2.75) is 71.8 Å². The van der Waals surface area contributed by atoms with E-state index in [2.05, 4.69) is 26.1 Å². The molecule has 102 valence electrons. The van der Waals surface area contributed by atoms with Gasteiger partial charge in [0.1, 0.15) is 0 Å². The summed E-state index contributed by atoms with van der Waals surface area (Å²) in [5.74, 6) is 0. The van der Waals surface area contributed by atoms with Gasteiger partial charge in [-0.2, -0.15) is 0 Å². The zero-order valence-corrected chi connectivity index (χ0v) is 12.1. The number of unbranched alkanes of at least 4 members (excludes halogenated alkanes) is 2. The van der Waals surface area contributed by atoms with E-state index in [-0.39, 0.29) is 0 Å². The minimum Gasteiger partial charge on any atom is -0.381 e. The standard InChI is InChI=1S/C15H31NO/c1-4-5-6-10-15(2,3)13-16-14-8-7-11-17-12-9-14/h14,16H,4-13H2,1-3H3. The number of hydrogen-bond acceptors (Lipinski definition) is 2. The molecule has 1 heterocycles. The molecule has 0 amide bonds. The molecule has 1 N–H and O–H groups in total. The molecular formula is C15H31NO. The van der Waals surface area contributed by atoms with E-state index in [1.807, 2.05) is 0 Å². The molecule has 0 aromatic carbocycles. The van der Waals surface area contributed by atoms with Crippen LogP contribution in [-0.2, 0) is 4.74 Å². The molecule has 0 spiro atoms. The van der Waals surface area contributed by atoms with Gasteiger partial charge in [0.05, 0.1) is 0 Å². The van der Waals surface area contributed by atoms with E-state index in [0.29, 0.717) is 11.5 Å². The van der Waals surface area contributed by atoms with Gasteiger partial charge in [0.15, 0.2) is 0 Å². The summed E-state index contributed by atoms with van der Waals surface area (Å²) in [7, 11) is 0. The van der Waals surface area contributed by atoms with Crippen LogP contribution in [0.25, 0.3) is 0 Å². The molecule has 0 aliphatic carbocycles. The summed E-state index contributed by atoms with van der Waals surface area (Å²) in [4.78, 5) is 0. The Morgan fingerprint density at radius 3 is 2.76 bits per heavy atom. The molecule has 0 bridgehead atoms. The van der Waals surface area contributed by atoms with Crippen LogP contribution in [0, 0.1) is 5.41 Å². The minimum atomic E-state index is 0.447. The van der Waals surface area contributed by atoms with Gasteiger partial charge >= 0.3 is 0 Å². The van der Waals surface area contributed by atoms with Gasteiger partial charge in [0, 0.05) is 25.8 Å². The van der Waals surface area contributed by atoms with Crippen LogP contribution in [0.4, 0.5) is 0 Å². The topological polar surface area (TPSA) is 21.3 Å². The van der Waals surface area contributed by atoms with Crippen LogP contribution in [0.3, 0.4) is 0 Å². The highest BCUT2D eigenvalue weighted by atomic mass is 16.5. The molecule has 0 aromatic heterocycles. The van der Waals surface area contributed by atoms with Crippen molar-refractivity contribution < 1.29 is 4.74 Å². The van der Waals surface area contributed by atoms with E-state index in [1.165, 1.54) is 44.9 Å². The Bertz CT molecular complexity index is 183. The van der Waals surface area contributed by atoms with Gasteiger partial charge in [-0.1, -0.05) is 40.0 Å². The minimum absolute atomic E-state index is 0.447. The molecule has 1 unspecified atom stereocenters. The largest absolute Gasteiger partial charge is 0.381 e. The quantitative estimate of drug-likeness (QED) is 0.685. The fourth-order valence-corrected chi connectivity index (χ4v) is 2.47. The second-order valence-corrected chi connectivity index (χ2v) is 6.24. The molecule has 1 aliphatic heterocycles. The van der Waals surface area contributed by atoms with Crippen molar-refractivity contribution in [3.05, 3.63) is 0 Å². The average Bonchev–Trinajstić information content (AvgIpc) is 2.55. The van der Waals surface area contributed by atoms with Gasteiger partial charge in [-0.3, -0.25) is 0 Å². The summed E-state index contributed by atoms with van der Waals surface area (Å²) in [6.45, 7) is 10.1. The molecule has 17 heavy (non-hydrogen) atoms. The molecule has 0 aromatic rings. The predicted molar refractivity (Wildman–Crippen MR) is 74.4 cm³/mol. The lowest BCUT2D eigenvalue weighted by molar-refractivity contribution is 0.142. The van der Waals surface area contributed by atoms with Crippen LogP contribution < -0.4 is 5.32 Å². The maximum atomic E-state index is 5.50. The van der Waals surface area contributed by atoms with Gasteiger partial charge in [-0.05, 0) is 31.1 Å². The van der Waals surface area contributed by atoms with E-state index >= 15 is 0 Å². The summed E-state index contributed by atoms with van der Waals surface area (Å²) in [5, 5.41) is 3.75. The van der Waals surface area contributed by atoms with Crippen LogP contribution in [0.15, 0.2) is 0 Å². The van der Waals surface area contributed by atoms with Crippen molar-refractivity contribution in [3.63, 3.8) is 0 Å². The first-order chi connectivity index (χ1) is 8.14. The summed E-state index contributed by atoms with van der Waals surface area (Å²) in [5.41, 5.74) is 0.447. The molecule has 2 nitrogen and oxygen atoms in total. The fourth-order valence-electron chi connectivity index (χ4n) is 2.47. The van der Waals surface area contributed by atoms with Crippen molar-refractivity contribution in [3.8, 4) is 0 Å². The van der Waals surface area contributed by atoms with E-state index in [4.69, 9.17) is 4.74 Å². The van der Waals surface area contributed by atoms with Crippen LogP contribution >= 0.6 is 0 Å². The number of nitrogens with one attached hydrogen (secondary N) is 1. The smallest absolute Gasteiger partial charge is 0.0480 e. The monoisotopic (exact) mass is 241 g/mol. The lowest BCUT2D eigenvalue weighted by Crippen LogP contribution is -2.37. The Hall–Kier alpha value is -0.0800. The third-order valence-corrected chi connectivity index (χ3v) is 3.78. The highest BCUT2D eigenvalue weighted by Crippen LogP contribution is 2.23. The Labute approximate surface area is 108 Å². The van der Waals surface area contributed by atoms with E-state index in [0.717, 1.165) is 19.8 Å². The summed E-state index contributed by atoms with van der Waals surface area (Å²) < 4.78 is 5.50. The third-order valence-electron chi connectivity index (χ3n) is 3.78. The Morgan fingerprint density at radius 1 is 1.18 bits per heavy atom. The van der Waals surface area contributed by atoms with Crippen LogP contribution in [0.1, 0.15) is 65.7 Å². The molecule has 1 aliphatic rings. The van der Waals surface area contributed by atoms with E-state index in [9.17, 15) is 0 Å². The molecule has 1 saturated heterocycles. The van der Waals surface area contributed by atoms with Gasteiger partial charge < -0.3 is 10.1 Å². The first kappa shape index (κ1) is 15.0. The Kier molecular flexibility index (Phi) is 7.14. The van der Waals surface area contributed by atoms with Crippen molar-refractivity contribution in [1.29, 1.82) is 0 Å². The van der Waals surface area contributed by atoms with Crippen LogP contribution in [0.5, 0.6) is 0 Å². The molecule has 0 radical (unpaired) electrons. The fraction of sp³-hybridized carbons (Fsp3) is 1.00. The van der Waals surface area contributed by atoms with Gasteiger partial charge in [0.2, 0.25) is 0 Å². The normalized spacial score (nSPS) is 22.4. The molecular weight excluding hydrogens is 210 g/mol. The number of ether oxygens (including phenoxy) is 1. The molecule has 1 atom stereocenters. The van der Waals surface area contributed by atoms with Crippen molar-refractivity contribution in [2.75, 3.05) is 19.8 Å². The average molecular weight is 241 g/mol. The summed E-state index contributed by atoms with van der Waals surface area (Å²) in [6, 6.07) is 0.683. The first-order valence-electron chi connectivity index (χ1n) is 7.45. The first-order valence-corrected chi connectivity index (χ1v) is 7.45. The van der Waals surface area contributed by atoms with Crippen molar-refractivity contribution >= 4 is 0 Å². The van der Waals surface area contributed by atoms with Gasteiger partial charge in [0.25, 0.3) is 0 Å². The second kappa shape index (κ2) is 8.10. The maximum absolute atomic E-state index is 5.50. The lowest BCUT2D eigenvalue weighted by atomic mass is 9.86. The zero-order chi connectivity index (χ0) is 12.6. The number of hydrogen-bond donors (Lipinski definition) is 1. The highest BCUT2D eigenvalue weighted by Gasteiger charge is 2.19. The van der Waals surface area contributed by atoms with E-state index < -0.39 is 0 Å². The van der Waals surface area contributed by atoms with Gasteiger partial charge in [-0.15, -0.1) is 0 Å². The molecule has 2 heteroatoms. The summed E-state index contributed by atoms with van der Waals surface area (Å²) >= 11 is 0.